The Bertz CT molecular complexity index is 618. The summed E-state index contributed by atoms with van der Waals surface area (Å²) < 4.78 is 0. The van der Waals surface area contributed by atoms with Gasteiger partial charge in [0.15, 0.2) is 0 Å². The van der Waals surface area contributed by atoms with E-state index in [0.29, 0.717) is 11.1 Å². The first kappa shape index (κ1) is 12.6. The molecule has 19 heavy (non-hydrogen) atoms. The Labute approximate surface area is 118 Å². The van der Waals surface area contributed by atoms with E-state index in [1.54, 1.807) is 0 Å². The van der Waals surface area contributed by atoms with E-state index in [-0.39, 0.29) is 0 Å². The molecule has 1 heterocycles. The van der Waals surface area contributed by atoms with Gasteiger partial charge < -0.3 is 0 Å². The predicted molar refractivity (Wildman–Crippen MR) is 77.7 cm³/mol. The van der Waals surface area contributed by atoms with Crippen molar-refractivity contribution < 1.29 is 0 Å². The molecule has 2 nitrogen and oxygen atoms in total. The highest BCUT2D eigenvalue weighted by Gasteiger charge is 2.25. The molecule has 0 radical (unpaired) electrons. The van der Waals surface area contributed by atoms with Gasteiger partial charge in [-0.2, -0.15) is 0 Å². The van der Waals surface area contributed by atoms with E-state index < -0.39 is 0 Å². The number of hydrogen-bond acceptors (Lipinski definition) is 2. The van der Waals surface area contributed by atoms with Crippen LogP contribution >= 0.6 is 11.6 Å². The summed E-state index contributed by atoms with van der Waals surface area (Å²) in [5.41, 5.74) is 4.97. The fourth-order valence-corrected chi connectivity index (χ4v) is 2.46. The predicted octanol–water partition coefficient (Wildman–Crippen LogP) is 4.22. The quantitative estimate of drug-likeness (QED) is 0.782. The largest absolute Gasteiger partial charge is 0.237 e. The van der Waals surface area contributed by atoms with Crippen molar-refractivity contribution >= 4 is 11.6 Å². The summed E-state index contributed by atoms with van der Waals surface area (Å²) >= 11 is 6.09. The molecule has 0 bridgehead atoms. The molecule has 0 atom stereocenters. The second-order valence-corrected chi connectivity index (χ2v) is 5.79. The SMILES string of the molecule is Cc1ccc(Cc2nc(Cl)cc(C3CC3)n2)cc1C. The van der Waals surface area contributed by atoms with Crippen molar-refractivity contribution in [2.45, 2.75) is 39.0 Å². The molecule has 0 amide bonds. The number of hydrogen-bond donors (Lipinski definition) is 0. The first-order valence-corrected chi connectivity index (χ1v) is 7.09. The molecule has 0 aliphatic heterocycles. The number of halogens is 1. The van der Waals surface area contributed by atoms with E-state index in [9.17, 15) is 0 Å². The van der Waals surface area contributed by atoms with Gasteiger partial charge in [-0.25, -0.2) is 9.97 Å². The lowest BCUT2D eigenvalue weighted by Crippen LogP contribution is -2.01. The van der Waals surface area contributed by atoms with Crippen LogP contribution in [0, 0.1) is 13.8 Å². The van der Waals surface area contributed by atoms with Crippen molar-refractivity contribution in [1.29, 1.82) is 0 Å². The number of nitrogens with zero attached hydrogens (tertiary/aromatic N) is 2. The fourth-order valence-electron chi connectivity index (χ4n) is 2.25. The van der Waals surface area contributed by atoms with Crippen LogP contribution in [0.2, 0.25) is 5.15 Å². The van der Waals surface area contributed by atoms with E-state index in [0.717, 1.165) is 17.9 Å². The van der Waals surface area contributed by atoms with Crippen LogP contribution < -0.4 is 0 Å². The first-order valence-electron chi connectivity index (χ1n) is 6.71. The topological polar surface area (TPSA) is 25.8 Å². The zero-order chi connectivity index (χ0) is 13.4. The van der Waals surface area contributed by atoms with E-state index in [2.05, 4.69) is 42.0 Å². The highest BCUT2D eigenvalue weighted by Crippen LogP contribution is 2.39. The maximum atomic E-state index is 6.09. The van der Waals surface area contributed by atoms with Crippen molar-refractivity contribution in [2.24, 2.45) is 0 Å². The van der Waals surface area contributed by atoms with Crippen molar-refractivity contribution in [1.82, 2.24) is 9.97 Å². The molecule has 0 spiro atoms. The summed E-state index contributed by atoms with van der Waals surface area (Å²) in [6.07, 6.45) is 3.22. The molecule has 0 saturated heterocycles. The van der Waals surface area contributed by atoms with E-state index in [4.69, 9.17) is 11.6 Å². The average Bonchev–Trinajstić information content (AvgIpc) is 3.17. The molecule has 98 valence electrons. The third-order valence-corrected chi connectivity index (χ3v) is 3.88. The fraction of sp³-hybridized carbons (Fsp3) is 0.375. The van der Waals surface area contributed by atoms with Crippen LogP contribution in [0.3, 0.4) is 0 Å². The van der Waals surface area contributed by atoms with Gasteiger partial charge in [0.25, 0.3) is 0 Å². The lowest BCUT2D eigenvalue weighted by molar-refractivity contribution is 0.899. The summed E-state index contributed by atoms with van der Waals surface area (Å²) in [6, 6.07) is 8.40. The maximum Gasteiger partial charge on any atom is 0.134 e. The highest BCUT2D eigenvalue weighted by atomic mass is 35.5. The molecule has 1 aliphatic carbocycles. The van der Waals surface area contributed by atoms with Crippen LogP contribution in [0.5, 0.6) is 0 Å². The highest BCUT2D eigenvalue weighted by molar-refractivity contribution is 6.29. The van der Waals surface area contributed by atoms with Crippen LogP contribution in [-0.4, -0.2) is 9.97 Å². The van der Waals surface area contributed by atoms with E-state index >= 15 is 0 Å². The van der Waals surface area contributed by atoms with Crippen LogP contribution in [0.1, 0.15) is 47.0 Å². The Morgan fingerprint density at radius 3 is 2.58 bits per heavy atom. The van der Waals surface area contributed by atoms with Crippen molar-refractivity contribution in [3.8, 4) is 0 Å². The van der Waals surface area contributed by atoms with Gasteiger partial charge in [-0.05, 0) is 49.4 Å². The third kappa shape index (κ3) is 2.95. The van der Waals surface area contributed by atoms with Crippen LogP contribution in [-0.2, 0) is 6.42 Å². The Kier molecular flexibility index (Phi) is 3.28. The van der Waals surface area contributed by atoms with Gasteiger partial charge in [0.05, 0.1) is 0 Å². The smallest absolute Gasteiger partial charge is 0.134 e. The Morgan fingerprint density at radius 1 is 1.11 bits per heavy atom. The van der Waals surface area contributed by atoms with Gasteiger partial charge in [-0.3, -0.25) is 0 Å². The molecule has 0 unspecified atom stereocenters. The summed E-state index contributed by atoms with van der Waals surface area (Å²) in [6.45, 7) is 4.26. The van der Waals surface area contributed by atoms with Gasteiger partial charge >= 0.3 is 0 Å². The minimum absolute atomic E-state index is 0.565. The zero-order valence-corrected chi connectivity index (χ0v) is 12.0. The molecule has 2 aromatic rings. The standard InChI is InChI=1S/C16H17ClN2/c1-10-3-4-12(7-11(10)2)8-16-18-14(13-5-6-13)9-15(17)19-16/h3-4,7,9,13H,5-6,8H2,1-2H3. The summed E-state index contributed by atoms with van der Waals surface area (Å²) in [4.78, 5) is 8.99. The van der Waals surface area contributed by atoms with Gasteiger partial charge in [0.2, 0.25) is 0 Å². The van der Waals surface area contributed by atoms with Crippen molar-refractivity contribution in [3.63, 3.8) is 0 Å². The molecule has 3 heteroatoms. The van der Waals surface area contributed by atoms with Crippen molar-refractivity contribution in [3.05, 3.63) is 57.6 Å². The van der Waals surface area contributed by atoms with Gasteiger partial charge in [0.1, 0.15) is 11.0 Å². The lowest BCUT2D eigenvalue weighted by Gasteiger charge is -2.06. The summed E-state index contributed by atoms with van der Waals surface area (Å²) in [5, 5.41) is 0.565. The molecule has 0 N–H and O–H groups in total. The van der Waals surface area contributed by atoms with Gasteiger partial charge in [-0.15, -0.1) is 0 Å². The van der Waals surface area contributed by atoms with Gasteiger partial charge in [0, 0.05) is 18.0 Å². The maximum absolute atomic E-state index is 6.09. The number of aromatic nitrogens is 2. The molecule has 1 aromatic carbocycles. The lowest BCUT2D eigenvalue weighted by atomic mass is 10.0. The monoisotopic (exact) mass is 272 g/mol. The van der Waals surface area contributed by atoms with Crippen LogP contribution in [0.15, 0.2) is 24.3 Å². The molecule has 1 saturated carbocycles. The normalized spacial score (nSPS) is 14.7. The van der Waals surface area contributed by atoms with E-state index in [1.165, 1.54) is 29.5 Å². The molecular formula is C16H17ClN2. The number of aryl methyl sites for hydroxylation is 2. The second kappa shape index (κ2) is 4.93. The van der Waals surface area contributed by atoms with Gasteiger partial charge in [-0.1, -0.05) is 29.8 Å². The molecule has 3 rings (SSSR count). The van der Waals surface area contributed by atoms with Crippen LogP contribution in [0.25, 0.3) is 0 Å². The zero-order valence-electron chi connectivity index (χ0n) is 11.3. The number of rotatable bonds is 3. The summed E-state index contributed by atoms with van der Waals surface area (Å²) in [5.74, 6) is 1.44. The Hall–Kier alpha value is -1.41. The summed E-state index contributed by atoms with van der Waals surface area (Å²) in [7, 11) is 0. The Morgan fingerprint density at radius 2 is 1.89 bits per heavy atom. The first-order chi connectivity index (χ1) is 9.11. The minimum atomic E-state index is 0.565. The molecule has 1 aromatic heterocycles. The van der Waals surface area contributed by atoms with E-state index in [1.807, 2.05) is 6.07 Å². The third-order valence-electron chi connectivity index (χ3n) is 3.69. The number of benzene rings is 1. The Balaban J connectivity index is 1.87. The molecular weight excluding hydrogens is 256 g/mol. The van der Waals surface area contributed by atoms with Crippen LogP contribution in [0.4, 0.5) is 0 Å². The molecule has 1 aliphatic rings. The average molecular weight is 273 g/mol. The minimum Gasteiger partial charge on any atom is -0.237 e. The molecule has 1 fully saturated rings. The second-order valence-electron chi connectivity index (χ2n) is 5.40. The van der Waals surface area contributed by atoms with Crippen molar-refractivity contribution in [2.75, 3.05) is 0 Å².